The Hall–Kier alpha value is -1.89. The lowest BCUT2D eigenvalue weighted by Crippen LogP contribution is -2.09. The molecule has 29 heavy (non-hydrogen) atoms. The van der Waals surface area contributed by atoms with Gasteiger partial charge in [-0.2, -0.15) is 0 Å². The fourth-order valence-corrected chi connectivity index (χ4v) is 6.97. The molecule has 3 rings (SSSR count). The second-order valence-corrected chi connectivity index (χ2v) is 10.6. The third-order valence-electron chi connectivity index (χ3n) is 3.90. The van der Waals surface area contributed by atoms with Gasteiger partial charge in [0.25, 0.3) is 0 Å². The average molecular weight is 517 g/mol. The van der Waals surface area contributed by atoms with E-state index >= 15 is 0 Å². The Morgan fingerprint density at radius 3 is 2.79 bits per heavy atom. The number of sulfone groups is 1. The molecule has 0 aliphatic rings. The SMILES string of the molecule is COC(=O)c1cc(S(=O)(=O)c2cnc(NCCc3cnc[nH]3)c(Br)c2)c(SC)s1. The number of thiophene rings is 1. The van der Waals surface area contributed by atoms with Crippen LogP contribution in [0.5, 0.6) is 0 Å². The van der Waals surface area contributed by atoms with Gasteiger partial charge in [0, 0.05) is 31.1 Å². The number of esters is 1. The third kappa shape index (κ3) is 4.82. The molecule has 0 saturated heterocycles. The van der Waals surface area contributed by atoms with Crippen molar-refractivity contribution >= 4 is 60.7 Å². The quantitative estimate of drug-likeness (QED) is 0.344. The zero-order chi connectivity index (χ0) is 21.0. The largest absolute Gasteiger partial charge is 0.465 e. The van der Waals surface area contributed by atoms with Crippen molar-refractivity contribution in [1.82, 2.24) is 15.0 Å². The van der Waals surface area contributed by atoms with Gasteiger partial charge < -0.3 is 15.0 Å². The molecule has 0 aromatic carbocycles. The van der Waals surface area contributed by atoms with E-state index in [2.05, 4.69) is 36.2 Å². The maximum Gasteiger partial charge on any atom is 0.348 e. The molecule has 0 saturated carbocycles. The minimum absolute atomic E-state index is 0.0352. The summed E-state index contributed by atoms with van der Waals surface area (Å²) in [5.74, 6) is -0.0306. The Kier molecular flexibility index (Phi) is 6.98. The number of pyridine rings is 1. The van der Waals surface area contributed by atoms with Crippen molar-refractivity contribution in [2.45, 2.75) is 20.4 Å². The summed E-state index contributed by atoms with van der Waals surface area (Å²) in [7, 11) is -2.59. The first-order chi connectivity index (χ1) is 13.9. The van der Waals surface area contributed by atoms with E-state index < -0.39 is 15.8 Å². The molecule has 8 nitrogen and oxygen atoms in total. The number of aromatic nitrogens is 3. The van der Waals surface area contributed by atoms with Crippen LogP contribution in [0.25, 0.3) is 0 Å². The van der Waals surface area contributed by atoms with E-state index in [0.717, 1.165) is 23.5 Å². The number of nitrogens with zero attached hydrogens (tertiary/aromatic N) is 2. The predicted octanol–water partition coefficient (Wildman–Crippen LogP) is 3.62. The van der Waals surface area contributed by atoms with Crippen LogP contribution in [0.15, 0.2) is 49.3 Å². The van der Waals surface area contributed by atoms with Gasteiger partial charge in [0.05, 0.1) is 31.9 Å². The molecule has 0 amide bonds. The number of H-pyrrole nitrogens is 1. The number of nitrogens with one attached hydrogen (secondary N) is 2. The highest BCUT2D eigenvalue weighted by atomic mass is 79.9. The summed E-state index contributed by atoms with van der Waals surface area (Å²) >= 11 is 5.73. The fourth-order valence-electron chi connectivity index (χ4n) is 2.45. The van der Waals surface area contributed by atoms with Crippen molar-refractivity contribution in [2.75, 3.05) is 25.2 Å². The Morgan fingerprint density at radius 1 is 1.38 bits per heavy atom. The van der Waals surface area contributed by atoms with E-state index in [1.54, 1.807) is 18.8 Å². The van der Waals surface area contributed by atoms with E-state index in [0.29, 0.717) is 21.0 Å². The number of thioether (sulfide) groups is 1. The second-order valence-electron chi connectivity index (χ2n) is 5.72. The van der Waals surface area contributed by atoms with Crippen LogP contribution >= 0.6 is 39.0 Å². The fraction of sp³-hybridized carbons (Fsp3) is 0.235. The molecular formula is C17H17BrN4O4S3. The summed E-state index contributed by atoms with van der Waals surface area (Å²) in [6, 6.07) is 2.85. The van der Waals surface area contributed by atoms with Crippen molar-refractivity contribution in [3.05, 3.63) is 45.9 Å². The first-order valence-electron chi connectivity index (χ1n) is 8.24. The molecular weight excluding hydrogens is 500 g/mol. The highest BCUT2D eigenvalue weighted by Gasteiger charge is 2.27. The highest BCUT2D eigenvalue weighted by Crippen LogP contribution is 2.38. The number of aromatic amines is 1. The lowest BCUT2D eigenvalue weighted by molar-refractivity contribution is 0.0606. The van der Waals surface area contributed by atoms with Crippen molar-refractivity contribution in [1.29, 1.82) is 0 Å². The highest BCUT2D eigenvalue weighted by molar-refractivity contribution is 9.10. The molecule has 0 unspecified atom stereocenters. The molecule has 154 valence electrons. The number of halogens is 1. The minimum Gasteiger partial charge on any atom is -0.465 e. The van der Waals surface area contributed by atoms with Crippen LogP contribution in [-0.4, -0.2) is 49.2 Å². The van der Waals surface area contributed by atoms with Gasteiger partial charge in [-0.1, -0.05) is 0 Å². The topological polar surface area (TPSA) is 114 Å². The molecule has 3 aromatic heterocycles. The molecule has 3 heterocycles. The van der Waals surface area contributed by atoms with Crippen LogP contribution in [-0.2, 0) is 21.0 Å². The number of carbonyl (C=O) groups is 1. The Bertz CT molecular complexity index is 1110. The third-order valence-corrected chi connectivity index (χ3v) is 8.75. The number of ether oxygens (including phenoxy) is 1. The van der Waals surface area contributed by atoms with Crippen molar-refractivity contribution < 1.29 is 17.9 Å². The van der Waals surface area contributed by atoms with Crippen LogP contribution in [0.3, 0.4) is 0 Å². The van der Waals surface area contributed by atoms with Crippen LogP contribution in [0.2, 0.25) is 0 Å². The number of imidazole rings is 1. The summed E-state index contributed by atoms with van der Waals surface area (Å²) in [5, 5.41) is 3.16. The standard InChI is InChI=1S/C17H17BrN4O4S3/c1-26-16(23)13-6-14(17(27-2)28-13)29(24,25)11-5-12(18)15(21-8-11)20-4-3-10-7-19-9-22-10/h5-9H,3-4H2,1-2H3,(H,19,22)(H,20,21). The van der Waals surface area contributed by atoms with Gasteiger partial charge in [-0.3, -0.25) is 0 Å². The minimum atomic E-state index is -3.85. The number of carbonyl (C=O) groups excluding carboxylic acids is 1. The zero-order valence-electron chi connectivity index (χ0n) is 15.4. The van der Waals surface area contributed by atoms with Crippen LogP contribution in [0.1, 0.15) is 15.4 Å². The van der Waals surface area contributed by atoms with Gasteiger partial charge in [-0.25, -0.2) is 23.2 Å². The molecule has 12 heteroatoms. The molecule has 0 aliphatic heterocycles. The Balaban J connectivity index is 1.83. The lowest BCUT2D eigenvalue weighted by Gasteiger charge is -2.09. The summed E-state index contributed by atoms with van der Waals surface area (Å²) in [4.78, 5) is 23.4. The summed E-state index contributed by atoms with van der Waals surface area (Å²) in [6.45, 7) is 0.601. The summed E-state index contributed by atoms with van der Waals surface area (Å²) in [6.07, 6.45) is 7.14. The van der Waals surface area contributed by atoms with E-state index in [1.807, 2.05) is 0 Å². The van der Waals surface area contributed by atoms with Gasteiger partial charge in [0.15, 0.2) is 0 Å². The second kappa shape index (κ2) is 9.28. The van der Waals surface area contributed by atoms with Gasteiger partial charge in [0.1, 0.15) is 10.7 Å². The maximum absolute atomic E-state index is 13.1. The Morgan fingerprint density at radius 2 is 2.17 bits per heavy atom. The van der Waals surface area contributed by atoms with Gasteiger partial charge >= 0.3 is 5.97 Å². The Labute approximate surface area is 184 Å². The van der Waals surface area contributed by atoms with Crippen LogP contribution in [0, 0.1) is 0 Å². The normalized spacial score (nSPS) is 11.4. The number of hydrogen-bond donors (Lipinski definition) is 2. The molecule has 3 aromatic rings. The lowest BCUT2D eigenvalue weighted by atomic mass is 10.3. The number of anilines is 1. The molecule has 0 fully saturated rings. The van der Waals surface area contributed by atoms with E-state index in [-0.39, 0.29) is 14.7 Å². The van der Waals surface area contributed by atoms with Crippen LogP contribution < -0.4 is 5.32 Å². The molecule has 0 radical (unpaired) electrons. The first-order valence-corrected chi connectivity index (χ1v) is 12.6. The molecule has 0 aliphatic carbocycles. The van der Waals surface area contributed by atoms with E-state index in [9.17, 15) is 13.2 Å². The average Bonchev–Trinajstić information content (AvgIpc) is 3.38. The smallest absolute Gasteiger partial charge is 0.348 e. The maximum atomic E-state index is 13.1. The zero-order valence-corrected chi connectivity index (χ0v) is 19.5. The predicted molar refractivity (Wildman–Crippen MR) is 116 cm³/mol. The van der Waals surface area contributed by atoms with Crippen molar-refractivity contribution in [2.24, 2.45) is 0 Å². The molecule has 0 spiro atoms. The number of rotatable bonds is 8. The molecule has 0 atom stereocenters. The number of hydrogen-bond acceptors (Lipinski definition) is 9. The van der Waals surface area contributed by atoms with Crippen LogP contribution in [0.4, 0.5) is 5.82 Å². The van der Waals surface area contributed by atoms with Crippen molar-refractivity contribution in [3.8, 4) is 0 Å². The molecule has 2 N–H and O–H groups in total. The summed E-state index contributed by atoms with van der Waals surface area (Å²) in [5.41, 5.74) is 0.983. The first kappa shape index (κ1) is 21.8. The van der Waals surface area contributed by atoms with Gasteiger partial charge in [-0.15, -0.1) is 23.1 Å². The van der Waals surface area contributed by atoms with Crippen molar-refractivity contribution in [3.63, 3.8) is 0 Å². The molecule has 0 bridgehead atoms. The summed E-state index contributed by atoms with van der Waals surface area (Å²) < 4.78 is 32.0. The monoisotopic (exact) mass is 516 g/mol. The van der Waals surface area contributed by atoms with E-state index in [1.165, 1.54) is 37.2 Å². The van der Waals surface area contributed by atoms with Gasteiger partial charge in [-0.05, 0) is 34.3 Å². The van der Waals surface area contributed by atoms with E-state index in [4.69, 9.17) is 4.74 Å². The number of methoxy groups -OCH3 is 1. The van der Waals surface area contributed by atoms with Gasteiger partial charge in [0.2, 0.25) is 9.84 Å².